The van der Waals surface area contributed by atoms with Gasteiger partial charge >= 0.3 is 6.18 Å². The molecule has 0 spiro atoms. The molecule has 0 aliphatic carbocycles. The Kier molecular flexibility index (Phi) is 3.90. The number of para-hydroxylation sites is 1. The maximum Gasteiger partial charge on any atom is 0.418 e. The van der Waals surface area contributed by atoms with E-state index in [1.807, 2.05) is 4.90 Å². The third kappa shape index (κ3) is 2.82. The van der Waals surface area contributed by atoms with Crippen LogP contribution < -0.4 is 4.90 Å². The van der Waals surface area contributed by atoms with Gasteiger partial charge in [0.15, 0.2) is 0 Å². The highest BCUT2D eigenvalue weighted by Gasteiger charge is 2.36. The molecule has 18 heavy (non-hydrogen) atoms. The molecule has 0 N–H and O–H groups in total. The van der Waals surface area contributed by atoms with Crippen molar-refractivity contribution < 1.29 is 13.2 Å². The maximum absolute atomic E-state index is 12.9. The summed E-state index contributed by atoms with van der Waals surface area (Å²) in [7, 11) is 0. The minimum atomic E-state index is -4.29. The molecular formula is C13H15BrF3N. The second-order valence-electron chi connectivity index (χ2n) is 4.74. The fraction of sp³-hybridized carbons (Fsp3) is 0.538. The highest BCUT2D eigenvalue weighted by atomic mass is 79.9. The lowest BCUT2D eigenvalue weighted by molar-refractivity contribution is -0.137. The molecule has 1 saturated heterocycles. The summed E-state index contributed by atoms with van der Waals surface area (Å²) >= 11 is 3.54. The molecule has 2 atom stereocenters. The van der Waals surface area contributed by atoms with Crippen molar-refractivity contribution in [3.63, 3.8) is 0 Å². The van der Waals surface area contributed by atoms with E-state index in [4.69, 9.17) is 0 Å². The minimum absolute atomic E-state index is 0.243. The highest BCUT2D eigenvalue weighted by molar-refractivity contribution is 9.09. The summed E-state index contributed by atoms with van der Waals surface area (Å²) in [5.74, 6) is 0.499. The van der Waals surface area contributed by atoms with Crippen LogP contribution in [0.2, 0.25) is 0 Å². The summed E-state index contributed by atoms with van der Waals surface area (Å²) in [5.41, 5.74) is -0.249. The molecule has 0 radical (unpaired) electrons. The van der Waals surface area contributed by atoms with Gasteiger partial charge in [-0.3, -0.25) is 0 Å². The molecule has 1 aromatic rings. The first-order valence-corrected chi connectivity index (χ1v) is 6.86. The van der Waals surface area contributed by atoms with Crippen LogP contribution in [0.5, 0.6) is 0 Å². The van der Waals surface area contributed by atoms with Gasteiger partial charge in [0.1, 0.15) is 0 Å². The number of halogens is 4. The average molecular weight is 322 g/mol. The molecule has 2 rings (SSSR count). The predicted molar refractivity (Wildman–Crippen MR) is 70.2 cm³/mol. The Balaban J connectivity index is 2.29. The number of nitrogens with zero attached hydrogens (tertiary/aromatic N) is 1. The largest absolute Gasteiger partial charge is 0.418 e. The van der Waals surface area contributed by atoms with Crippen LogP contribution in [0, 0.1) is 5.92 Å². The molecule has 0 bridgehead atoms. The normalized spacial score (nSPS) is 25.3. The third-order valence-electron chi connectivity index (χ3n) is 3.42. The Morgan fingerprint density at radius 2 is 1.94 bits per heavy atom. The van der Waals surface area contributed by atoms with Crippen LogP contribution in [0.1, 0.15) is 18.9 Å². The second-order valence-corrected chi connectivity index (χ2v) is 5.92. The van der Waals surface area contributed by atoms with Crippen molar-refractivity contribution >= 4 is 21.6 Å². The SMILES string of the molecule is CC1CCN(c2ccccc2C(F)(F)F)CC1Br. The Hall–Kier alpha value is -0.710. The van der Waals surface area contributed by atoms with Gasteiger partial charge in [-0.2, -0.15) is 13.2 Å². The van der Waals surface area contributed by atoms with Crippen LogP contribution in [0.3, 0.4) is 0 Å². The molecule has 1 heterocycles. The van der Waals surface area contributed by atoms with E-state index in [2.05, 4.69) is 22.9 Å². The fourth-order valence-corrected chi connectivity index (χ4v) is 2.84. The van der Waals surface area contributed by atoms with Gasteiger partial charge in [-0.15, -0.1) is 0 Å². The topological polar surface area (TPSA) is 3.24 Å². The lowest BCUT2D eigenvalue weighted by atomic mass is 9.98. The number of anilines is 1. The van der Waals surface area contributed by atoms with E-state index in [1.54, 1.807) is 12.1 Å². The van der Waals surface area contributed by atoms with Crippen molar-refractivity contribution in [1.82, 2.24) is 0 Å². The van der Waals surface area contributed by atoms with E-state index in [9.17, 15) is 13.2 Å². The Labute approximate surface area is 113 Å². The molecule has 1 aliphatic heterocycles. The van der Waals surface area contributed by atoms with Gasteiger partial charge in [-0.1, -0.05) is 35.0 Å². The van der Waals surface area contributed by atoms with Gasteiger partial charge < -0.3 is 4.90 Å². The number of alkyl halides is 4. The quantitative estimate of drug-likeness (QED) is 0.696. The molecule has 0 aromatic heterocycles. The molecule has 100 valence electrons. The lowest BCUT2D eigenvalue weighted by Gasteiger charge is -2.37. The smallest absolute Gasteiger partial charge is 0.370 e. The molecule has 2 unspecified atom stereocenters. The van der Waals surface area contributed by atoms with Crippen LogP contribution in [-0.2, 0) is 6.18 Å². The van der Waals surface area contributed by atoms with Gasteiger partial charge in [0.25, 0.3) is 0 Å². The molecule has 1 aromatic carbocycles. The molecule has 1 fully saturated rings. The summed E-state index contributed by atoms with van der Waals surface area (Å²) in [5, 5.41) is 0. The highest BCUT2D eigenvalue weighted by Crippen LogP contribution is 2.38. The molecule has 1 aliphatic rings. The maximum atomic E-state index is 12.9. The number of hydrogen-bond acceptors (Lipinski definition) is 1. The van der Waals surface area contributed by atoms with Crippen molar-refractivity contribution in [2.45, 2.75) is 24.3 Å². The number of benzene rings is 1. The van der Waals surface area contributed by atoms with Crippen LogP contribution in [0.15, 0.2) is 24.3 Å². The summed E-state index contributed by atoms with van der Waals surface area (Å²) in [6, 6.07) is 5.80. The zero-order valence-electron chi connectivity index (χ0n) is 10.0. The van der Waals surface area contributed by atoms with Crippen LogP contribution in [-0.4, -0.2) is 17.9 Å². The predicted octanol–water partition coefficient (Wildman–Crippen LogP) is 4.32. The van der Waals surface area contributed by atoms with E-state index >= 15 is 0 Å². The minimum Gasteiger partial charge on any atom is -0.370 e. The molecule has 0 amide bonds. The van der Waals surface area contributed by atoms with Crippen molar-refractivity contribution in [3.05, 3.63) is 29.8 Å². The van der Waals surface area contributed by atoms with Gasteiger partial charge in [0.2, 0.25) is 0 Å². The summed E-state index contributed by atoms with van der Waals surface area (Å²) < 4.78 is 38.8. The van der Waals surface area contributed by atoms with Crippen molar-refractivity contribution in [2.24, 2.45) is 5.92 Å². The van der Waals surface area contributed by atoms with Crippen molar-refractivity contribution in [2.75, 3.05) is 18.0 Å². The van der Waals surface area contributed by atoms with Gasteiger partial charge in [-0.25, -0.2) is 0 Å². The fourth-order valence-electron chi connectivity index (χ4n) is 2.23. The number of hydrogen-bond donors (Lipinski definition) is 0. The average Bonchev–Trinajstić information content (AvgIpc) is 2.32. The van der Waals surface area contributed by atoms with E-state index in [1.165, 1.54) is 6.07 Å². The molecular weight excluding hydrogens is 307 g/mol. The standard InChI is InChI=1S/C13H15BrF3N/c1-9-6-7-18(8-11(9)14)12-5-3-2-4-10(12)13(15,16)17/h2-5,9,11H,6-8H2,1H3. The number of piperidine rings is 1. The Morgan fingerprint density at radius 1 is 1.28 bits per heavy atom. The third-order valence-corrected chi connectivity index (χ3v) is 4.61. The lowest BCUT2D eigenvalue weighted by Crippen LogP contribution is -2.41. The van der Waals surface area contributed by atoms with Crippen molar-refractivity contribution in [3.8, 4) is 0 Å². The second kappa shape index (κ2) is 5.11. The van der Waals surface area contributed by atoms with E-state index in [-0.39, 0.29) is 4.83 Å². The molecule has 0 saturated carbocycles. The molecule has 1 nitrogen and oxygen atoms in total. The van der Waals surface area contributed by atoms with E-state index in [0.717, 1.165) is 12.5 Å². The first kappa shape index (κ1) is 13.7. The first-order chi connectivity index (χ1) is 8.39. The Morgan fingerprint density at radius 3 is 2.56 bits per heavy atom. The van der Waals surface area contributed by atoms with Crippen LogP contribution >= 0.6 is 15.9 Å². The zero-order valence-corrected chi connectivity index (χ0v) is 11.6. The Bertz CT molecular complexity index is 419. The summed E-state index contributed by atoms with van der Waals surface area (Å²) in [6.45, 7) is 3.41. The van der Waals surface area contributed by atoms with Gasteiger partial charge in [-0.05, 0) is 24.5 Å². The van der Waals surface area contributed by atoms with Gasteiger partial charge in [0, 0.05) is 23.6 Å². The van der Waals surface area contributed by atoms with Gasteiger partial charge in [0.05, 0.1) is 5.56 Å². The van der Waals surface area contributed by atoms with E-state index in [0.29, 0.717) is 24.7 Å². The van der Waals surface area contributed by atoms with Crippen LogP contribution in [0.4, 0.5) is 18.9 Å². The summed E-state index contributed by atoms with van der Waals surface area (Å²) in [4.78, 5) is 2.06. The van der Waals surface area contributed by atoms with E-state index < -0.39 is 11.7 Å². The van der Waals surface area contributed by atoms with Crippen molar-refractivity contribution in [1.29, 1.82) is 0 Å². The van der Waals surface area contributed by atoms with Crippen LogP contribution in [0.25, 0.3) is 0 Å². The first-order valence-electron chi connectivity index (χ1n) is 5.95. The zero-order chi connectivity index (χ0) is 13.3. The number of rotatable bonds is 1. The molecule has 5 heteroatoms. The summed E-state index contributed by atoms with van der Waals surface area (Å²) in [6.07, 6.45) is -3.39. The monoisotopic (exact) mass is 321 g/mol.